The Kier molecular flexibility index (Phi) is 6.54. The monoisotopic (exact) mass is 392 g/mol. The average molecular weight is 393 g/mol. The molecule has 0 spiro atoms. The zero-order chi connectivity index (χ0) is 19.3. The van der Waals surface area contributed by atoms with Crippen LogP contribution in [-0.2, 0) is 9.47 Å². The molecule has 26 heavy (non-hydrogen) atoms. The maximum absolute atomic E-state index is 11.8. The number of esters is 2. The van der Waals surface area contributed by atoms with Crippen molar-refractivity contribution in [3.8, 4) is 0 Å². The number of carbonyl (C=O) groups is 2. The van der Waals surface area contributed by atoms with Crippen molar-refractivity contribution >= 4 is 52.2 Å². The second kappa shape index (κ2) is 8.64. The minimum Gasteiger partial charge on any atom is -0.465 e. The molecule has 0 aliphatic carbocycles. The van der Waals surface area contributed by atoms with E-state index in [1.165, 1.54) is 32.4 Å². The van der Waals surface area contributed by atoms with Gasteiger partial charge in [0.1, 0.15) is 0 Å². The molecule has 0 fully saturated rings. The summed E-state index contributed by atoms with van der Waals surface area (Å²) in [6.45, 7) is 1.91. The van der Waals surface area contributed by atoms with E-state index in [-0.39, 0.29) is 16.2 Å². The lowest BCUT2D eigenvalue weighted by Crippen LogP contribution is -2.20. The van der Waals surface area contributed by atoms with Crippen LogP contribution < -0.4 is 10.6 Å². The number of aryl methyl sites for hydroxylation is 1. The molecule has 0 heterocycles. The normalized spacial score (nSPS) is 10.0. The molecule has 0 aliphatic rings. The van der Waals surface area contributed by atoms with Crippen molar-refractivity contribution < 1.29 is 19.1 Å². The molecule has 2 rings (SSSR count). The lowest BCUT2D eigenvalue weighted by atomic mass is 10.1. The Morgan fingerprint density at radius 2 is 1.54 bits per heavy atom. The summed E-state index contributed by atoms with van der Waals surface area (Å²) in [5.74, 6) is -1.16. The van der Waals surface area contributed by atoms with Crippen molar-refractivity contribution in [1.29, 1.82) is 0 Å². The molecule has 0 unspecified atom stereocenters. The Hall–Kier alpha value is -2.64. The van der Waals surface area contributed by atoms with E-state index in [0.29, 0.717) is 10.7 Å². The van der Waals surface area contributed by atoms with E-state index >= 15 is 0 Å². The van der Waals surface area contributed by atoms with Crippen LogP contribution in [0, 0.1) is 6.92 Å². The largest absolute Gasteiger partial charge is 0.465 e. The van der Waals surface area contributed by atoms with Gasteiger partial charge >= 0.3 is 11.9 Å². The van der Waals surface area contributed by atoms with Gasteiger partial charge in [-0.3, -0.25) is 0 Å². The van der Waals surface area contributed by atoms with Gasteiger partial charge in [0.25, 0.3) is 0 Å². The van der Waals surface area contributed by atoms with Gasteiger partial charge in [-0.15, -0.1) is 0 Å². The van der Waals surface area contributed by atoms with Crippen LogP contribution in [0.2, 0.25) is 5.02 Å². The number of ether oxygens (including phenoxy) is 2. The summed E-state index contributed by atoms with van der Waals surface area (Å²) >= 11 is 11.3. The molecule has 0 amide bonds. The van der Waals surface area contributed by atoms with Crippen molar-refractivity contribution in [3.63, 3.8) is 0 Å². The van der Waals surface area contributed by atoms with E-state index in [1.807, 2.05) is 13.0 Å². The van der Waals surface area contributed by atoms with Crippen LogP contribution in [-0.4, -0.2) is 31.3 Å². The predicted octanol–water partition coefficient (Wildman–Crippen LogP) is 4.03. The molecule has 6 nitrogen and oxygen atoms in total. The summed E-state index contributed by atoms with van der Waals surface area (Å²) in [7, 11) is 2.52. The molecule has 2 aromatic carbocycles. The van der Waals surface area contributed by atoms with Gasteiger partial charge in [0.15, 0.2) is 5.11 Å². The highest BCUT2D eigenvalue weighted by Crippen LogP contribution is 2.21. The Balaban J connectivity index is 2.26. The molecule has 8 heteroatoms. The molecule has 0 aromatic heterocycles. The van der Waals surface area contributed by atoms with Crippen molar-refractivity contribution in [3.05, 3.63) is 58.1 Å². The van der Waals surface area contributed by atoms with Crippen molar-refractivity contribution in [1.82, 2.24) is 0 Å². The first-order chi connectivity index (χ1) is 12.3. The Bertz CT molecular complexity index is 836. The lowest BCUT2D eigenvalue weighted by molar-refractivity contribution is 0.0599. The van der Waals surface area contributed by atoms with Gasteiger partial charge < -0.3 is 20.1 Å². The number of nitrogens with one attached hydrogen (secondary N) is 2. The molecular weight excluding hydrogens is 376 g/mol. The molecule has 0 saturated heterocycles. The number of hydrogen-bond donors (Lipinski definition) is 2. The minimum absolute atomic E-state index is 0.194. The van der Waals surface area contributed by atoms with E-state index in [4.69, 9.17) is 33.3 Å². The Labute approximate surface area is 161 Å². The second-order valence-electron chi connectivity index (χ2n) is 5.32. The summed E-state index contributed by atoms with van der Waals surface area (Å²) in [5, 5.41) is 6.81. The van der Waals surface area contributed by atoms with E-state index in [0.717, 1.165) is 11.3 Å². The number of rotatable bonds is 4. The van der Waals surface area contributed by atoms with E-state index < -0.39 is 11.9 Å². The summed E-state index contributed by atoms with van der Waals surface area (Å²) in [6, 6.07) is 9.83. The molecule has 2 aromatic rings. The number of anilines is 2. The van der Waals surface area contributed by atoms with Crippen molar-refractivity contribution in [2.75, 3.05) is 24.9 Å². The van der Waals surface area contributed by atoms with Crippen LogP contribution in [0.1, 0.15) is 26.3 Å². The Morgan fingerprint density at radius 1 is 0.962 bits per heavy atom. The third-order valence-electron chi connectivity index (χ3n) is 3.48. The molecule has 136 valence electrons. The first kappa shape index (κ1) is 19.7. The van der Waals surface area contributed by atoms with Crippen LogP contribution >= 0.6 is 23.8 Å². The second-order valence-corrected chi connectivity index (χ2v) is 6.17. The average Bonchev–Trinajstić information content (AvgIpc) is 2.62. The van der Waals surface area contributed by atoms with Gasteiger partial charge in [0.2, 0.25) is 0 Å². The van der Waals surface area contributed by atoms with Crippen LogP contribution in [0.3, 0.4) is 0 Å². The number of hydrogen-bond acceptors (Lipinski definition) is 5. The number of carbonyl (C=O) groups excluding carboxylic acids is 2. The summed E-state index contributed by atoms with van der Waals surface area (Å²) in [6.07, 6.45) is 0. The molecule has 0 aliphatic heterocycles. The highest BCUT2D eigenvalue weighted by atomic mass is 35.5. The lowest BCUT2D eigenvalue weighted by Gasteiger charge is -2.14. The highest BCUT2D eigenvalue weighted by Gasteiger charge is 2.14. The van der Waals surface area contributed by atoms with Crippen LogP contribution in [0.4, 0.5) is 11.4 Å². The first-order valence-electron chi connectivity index (χ1n) is 7.50. The Morgan fingerprint density at radius 3 is 2.08 bits per heavy atom. The molecule has 0 saturated carbocycles. The van der Waals surface area contributed by atoms with Gasteiger partial charge in [-0.25, -0.2) is 9.59 Å². The van der Waals surface area contributed by atoms with Gasteiger partial charge in [-0.05, 0) is 55.0 Å². The quantitative estimate of drug-likeness (QED) is 0.600. The molecule has 2 N–H and O–H groups in total. The molecular formula is C18H17ClN2O4S. The zero-order valence-electron chi connectivity index (χ0n) is 14.4. The van der Waals surface area contributed by atoms with E-state index in [9.17, 15) is 9.59 Å². The van der Waals surface area contributed by atoms with Gasteiger partial charge in [0, 0.05) is 16.4 Å². The standard InChI is InChI=1S/C18H17ClN2O4S/c1-10-4-5-13(19)9-15(10)21-18(26)20-14-7-11(16(22)24-2)6-12(8-14)17(23)25-3/h4-9H,1-3H3,(H2,20,21,26). The third kappa shape index (κ3) is 4.93. The van der Waals surface area contributed by atoms with Crippen LogP contribution in [0.15, 0.2) is 36.4 Å². The summed E-state index contributed by atoms with van der Waals surface area (Å²) in [4.78, 5) is 23.6. The maximum Gasteiger partial charge on any atom is 0.337 e. The van der Waals surface area contributed by atoms with E-state index in [1.54, 1.807) is 12.1 Å². The topological polar surface area (TPSA) is 76.7 Å². The van der Waals surface area contributed by atoms with Gasteiger partial charge in [-0.1, -0.05) is 17.7 Å². The fourth-order valence-electron chi connectivity index (χ4n) is 2.18. The predicted molar refractivity (Wildman–Crippen MR) is 105 cm³/mol. The SMILES string of the molecule is COC(=O)c1cc(NC(=S)Nc2cc(Cl)ccc2C)cc(C(=O)OC)c1. The maximum atomic E-state index is 11.8. The zero-order valence-corrected chi connectivity index (χ0v) is 16.0. The molecule has 0 radical (unpaired) electrons. The van der Waals surface area contributed by atoms with Gasteiger partial charge in [0.05, 0.1) is 25.3 Å². The minimum atomic E-state index is -0.580. The number of thiocarbonyl (C=S) groups is 1. The summed E-state index contributed by atoms with van der Waals surface area (Å²) in [5.41, 5.74) is 2.52. The fourth-order valence-corrected chi connectivity index (χ4v) is 2.58. The smallest absolute Gasteiger partial charge is 0.337 e. The van der Waals surface area contributed by atoms with Crippen molar-refractivity contribution in [2.45, 2.75) is 6.92 Å². The summed E-state index contributed by atoms with van der Waals surface area (Å²) < 4.78 is 9.41. The van der Waals surface area contributed by atoms with E-state index in [2.05, 4.69) is 10.6 Å². The number of halogens is 1. The van der Waals surface area contributed by atoms with Gasteiger partial charge in [-0.2, -0.15) is 0 Å². The molecule has 0 bridgehead atoms. The fraction of sp³-hybridized carbons (Fsp3) is 0.167. The van der Waals surface area contributed by atoms with Crippen LogP contribution in [0.5, 0.6) is 0 Å². The highest BCUT2D eigenvalue weighted by molar-refractivity contribution is 7.80. The number of methoxy groups -OCH3 is 2. The third-order valence-corrected chi connectivity index (χ3v) is 3.92. The van der Waals surface area contributed by atoms with Crippen LogP contribution in [0.25, 0.3) is 0 Å². The first-order valence-corrected chi connectivity index (χ1v) is 8.28. The van der Waals surface area contributed by atoms with Crippen molar-refractivity contribution in [2.24, 2.45) is 0 Å². The number of benzene rings is 2. The molecule has 0 atom stereocenters.